The maximum atomic E-state index is 13.8. The van der Waals surface area contributed by atoms with Gasteiger partial charge in [0.05, 0.1) is 11.6 Å². The zero-order chi connectivity index (χ0) is 18.1. The SMILES string of the molecule is CN=C(NCCCc1ccc(Br)cc1F)NCc1cccc(C#N)c1. The van der Waals surface area contributed by atoms with Crippen LogP contribution in [-0.2, 0) is 13.0 Å². The number of rotatable bonds is 6. The van der Waals surface area contributed by atoms with Gasteiger partial charge in [0.25, 0.3) is 0 Å². The average molecular weight is 403 g/mol. The topological polar surface area (TPSA) is 60.2 Å². The van der Waals surface area contributed by atoms with Gasteiger partial charge < -0.3 is 10.6 Å². The second-order valence-corrected chi connectivity index (χ2v) is 6.42. The molecule has 25 heavy (non-hydrogen) atoms. The molecule has 0 atom stereocenters. The first-order chi connectivity index (χ1) is 12.1. The lowest BCUT2D eigenvalue weighted by molar-refractivity contribution is 0.602. The summed E-state index contributed by atoms with van der Waals surface area (Å²) in [4.78, 5) is 4.17. The molecule has 2 aromatic carbocycles. The van der Waals surface area contributed by atoms with E-state index >= 15 is 0 Å². The van der Waals surface area contributed by atoms with Crippen LogP contribution in [0.4, 0.5) is 4.39 Å². The molecule has 0 unspecified atom stereocenters. The summed E-state index contributed by atoms with van der Waals surface area (Å²) in [5.74, 6) is 0.493. The second-order valence-electron chi connectivity index (χ2n) is 5.50. The molecule has 130 valence electrons. The number of nitrogens with one attached hydrogen (secondary N) is 2. The lowest BCUT2D eigenvalue weighted by Crippen LogP contribution is -2.37. The van der Waals surface area contributed by atoms with Gasteiger partial charge in [-0.1, -0.05) is 34.1 Å². The van der Waals surface area contributed by atoms with E-state index in [4.69, 9.17) is 5.26 Å². The first kappa shape index (κ1) is 18.9. The van der Waals surface area contributed by atoms with Gasteiger partial charge in [0, 0.05) is 24.6 Å². The monoisotopic (exact) mass is 402 g/mol. The lowest BCUT2D eigenvalue weighted by atomic mass is 10.1. The Balaban J connectivity index is 1.76. The molecule has 0 heterocycles. The molecule has 0 aliphatic heterocycles. The fraction of sp³-hybridized carbons (Fsp3) is 0.263. The van der Waals surface area contributed by atoms with Crippen molar-refractivity contribution in [3.05, 3.63) is 69.4 Å². The number of hydrogen-bond acceptors (Lipinski definition) is 2. The van der Waals surface area contributed by atoms with Crippen LogP contribution in [0.25, 0.3) is 0 Å². The Kier molecular flexibility index (Phi) is 7.42. The Bertz CT molecular complexity index is 783. The summed E-state index contributed by atoms with van der Waals surface area (Å²) >= 11 is 3.26. The minimum Gasteiger partial charge on any atom is -0.356 e. The summed E-state index contributed by atoms with van der Waals surface area (Å²) < 4.78 is 14.5. The second kappa shape index (κ2) is 9.80. The molecule has 4 nitrogen and oxygen atoms in total. The fourth-order valence-electron chi connectivity index (χ4n) is 2.37. The zero-order valence-corrected chi connectivity index (χ0v) is 15.6. The summed E-state index contributed by atoms with van der Waals surface area (Å²) in [5, 5.41) is 15.3. The summed E-state index contributed by atoms with van der Waals surface area (Å²) in [5.41, 5.74) is 2.36. The predicted octanol–water partition coefficient (Wildman–Crippen LogP) is 3.76. The van der Waals surface area contributed by atoms with E-state index in [-0.39, 0.29) is 5.82 Å². The van der Waals surface area contributed by atoms with Crippen LogP contribution >= 0.6 is 15.9 Å². The smallest absolute Gasteiger partial charge is 0.191 e. The number of nitrogens with zero attached hydrogens (tertiary/aromatic N) is 2. The predicted molar refractivity (Wildman–Crippen MR) is 102 cm³/mol. The van der Waals surface area contributed by atoms with Crippen molar-refractivity contribution in [3.63, 3.8) is 0 Å². The molecule has 2 rings (SSSR count). The third-order valence-corrected chi connectivity index (χ3v) is 4.16. The van der Waals surface area contributed by atoms with Crippen LogP contribution in [0.15, 0.2) is 51.9 Å². The van der Waals surface area contributed by atoms with E-state index in [9.17, 15) is 4.39 Å². The van der Waals surface area contributed by atoms with Gasteiger partial charge in [-0.3, -0.25) is 4.99 Å². The number of guanidine groups is 1. The van der Waals surface area contributed by atoms with Crippen LogP contribution in [0, 0.1) is 17.1 Å². The van der Waals surface area contributed by atoms with E-state index in [0.29, 0.717) is 36.6 Å². The van der Waals surface area contributed by atoms with E-state index in [0.717, 1.165) is 16.5 Å². The molecule has 0 aliphatic rings. The van der Waals surface area contributed by atoms with Crippen molar-refractivity contribution in [2.75, 3.05) is 13.6 Å². The largest absolute Gasteiger partial charge is 0.356 e. The third kappa shape index (κ3) is 6.20. The average Bonchev–Trinajstić information content (AvgIpc) is 2.62. The summed E-state index contributed by atoms with van der Waals surface area (Å²) in [6.45, 7) is 1.27. The van der Waals surface area contributed by atoms with Crippen molar-refractivity contribution in [2.45, 2.75) is 19.4 Å². The molecule has 0 fully saturated rings. The molecule has 0 bridgehead atoms. The zero-order valence-electron chi connectivity index (χ0n) is 14.0. The number of hydrogen-bond donors (Lipinski definition) is 2. The van der Waals surface area contributed by atoms with Gasteiger partial charge in [-0.2, -0.15) is 5.26 Å². The Morgan fingerprint density at radius 2 is 2.08 bits per heavy atom. The van der Waals surface area contributed by atoms with Gasteiger partial charge in [0.1, 0.15) is 5.82 Å². The first-order valence-corrected chi connectivity index (χ1v) is 8.79. The Morgan fingerprint density at radius 1 is 1.24 bits per heavy atom. The van der Waals surface area contributed by atoms with Crippen LogP contribution in [-0.4, -0.2) is 19.6 Å². The maximum Gasteiger partial charge on any atom is 0.191 e. The van der Waals surface area contributed by atoms with E-state index in [2.05, 4.69) is 37.6 Å². The molecular weight excluding hydrogens is 383 g/mol. The lowest BCUT2D eigenvalue weighted by Gasteiger charge is -2.12. The molecule has 0 aromatic heterocycles. The molecule has 2 N–H and O–H groups in total. The van der Waals surface area contributed by atoms with Crippen LogP contribution < -0.4 is 10.6 Å². The van der Waals surface area contributed by atoms with Gasteiger partial charge >= 0.3 is 0 Å². The number of benzene rings is 2. The van der Waals surface area contributed by atoms with E-state index in [1.165, 1.54) is 6.07 Å². The molecule has 0 saturated heterocycles. The highest BCUT2D eigenvalue weighted by molar-refractivity contribution is 9.10. The highest BCUT2D eigenvalue weighted by Gasteiger charge is 2.03. The van der Waals surface area contributed by atoms with Crippen molar-refractivity contribution in [2.24, 2.45) is 4.99 Å². The van der Waals surface area contributed by atoms with Crippen LogP contribution in [0.3, 0.4) is 0 Å². The van der Waals surface area contributed by atoms with Gasteiger partial charge in [-0.25, -0.2) is 4.39 Å². The molecular formula is C19H20BrFN4. The third-order valence-electron chi connectivity index (χ3n) is 3.67. The summed E-state index contributed by atoms with van der Waals surface area (Å²) in [6, 6.07) is 14.7. The Hall–Kier alpha value is -2.39. The molecule has 2 aromatic rings. The minimum atomic E-state index is -0.186. The number of halogens is 2. The molecule has 0 aliphatic carbocycles. The molecule has 0 radical (unpaired) electrons. The first-order valence-electron chi connectivity index (χ1n) is 8.00. The summed E-state index contributed by atoms with van der Waals surface area (Å²) in [7, 11) is 1.70. The van der Waals surface area contributed by atoms with Crippen molar-refractivity contribution >= 4 is 21.9 Å². The maximum absolute atomic E-state index is 13.8. The van der Waals surface area contributed by atoms with E-state index in [1.807, 2.05) is 24.3 Å². The van der Waals surface area contributed by atoms with Crippen LogP contribution in [0.1, 0.15) is 23.1 Å². The van der Waals surface area contributed by atoms with Crippen molar-refractivity contribution in [3.8, 4) is 6.07 Å². The van der Waals surface area contributed by atoms with E-state index in [1.54, 1.807) is 19.2 Å². The van der Waals surface area contributed by atoms with Crippen molar-refractivity contribution < 1.29 is 4.39 Å². The summed E-state index contributed by atoms with van der Waals surface area (Å²) in [6.07, 6.45) is 1.45. The van der Waals surface area contributed by atoms with Crippen molar-refractivity contribution in [1.82, 2.24) is 10.6 Å². The van der Waals surface area contributed by atoms with Crippen molar-refractivity contribution in [1.29, 1.82) is 5.26 Å². The normalized spacial score (nSPS) is 11.0. The molecule has 0 saturated carbocycles. The number of aryl methyl sites for hydroxylation is 1. The molecule has 0 amide bonds. The van der Waals surface area contributed by atoms with Gasteiger partial charge in [0.15, 0.2) is 5.96 Å². The number of nitriles is 1. The Labute approximate surface area is 155 Å². The Morgan fingerprint density at radius 3 is 2.80 bits per heavy atom. The fourth-order valence-corrected chi connectivity index (χ4v) is 2.70. The highest BCUT2D eigenvalue weighted by atomic mass is 79.9. The van der Waals surface area contributed by atoms with Gasteiger partial charge in [0.2, 0.25) is 0 Å². The van der Waals surface area contributed by atoms with Gasteiger partial charge in [-0.15, -0.1) is 0 Å². The quantitative estimate of drug-likeness (QED) is 0.439. The standard InChI is InChI=1S/C19H20BrFN4/c1-23-19(25-13-15-5-2-4-14(10-15)12-22)24-9-3-6-16-7-8-17(20)11-18(16)21/h2,4-5,7-8,10-11H,3,6,9,13H2,1H3,(H2,23,24,25). The van der Waals surface area contributed by atoms with Crippen LogP contribution in [0.5, 0.6) is 0 Å². The van der Waals surface area contributed by atoms with E-state index < -0.39 is 0 Å². The highest BCUT2D eigenvalue weighted by Crippen LogP contribution is 2.16. The molecule has 0 spiro atoms. The number of aliphatic imine (C=N–C) groups is 1. The van der Waals surface area contributed by atoms with Crippen LogP contribution in [0.2, 0.25) is 0 Å². The minimum absolute atomic E-state index is 0.186. The molecule has 6 heteroatoms. The van der Waals surface area contributed by atoms with Gasteiger partial charge in [-0.05, 0) is 48.2 Å².